The van der Waals surface area contributed by atoms with Crippen molar-refractivity contribution in [3.8, 4) is 5.75 Å². The Kier molecular flexibility index (Phi) is 9.77. The van der Waals surface area contributed by atoms with Gasteiger partial charge >= 0.3 is 0 Å². The van der Waals surface area contributed by atoms with Gasteiger partial charge in [-0.2, -0.15) is 0 Å². The van der Waals surface area contributed by atoms with Gasteiger partial charge in [-0.1, -0.05) is 12.1 Å². The predicted molar refractivity (Wildman–Crippen MR) is 129 cm³/mol. The van der Waals surface area contributed by atoms with Gasteiger partial charge < -0.3 is 15.0 Å². The fraction of sp³-hybridized carbons (Fsp3) is 0.455. The Morgan fingerprint density at radius 2 is 1.90 bits per heavy atom. The molecule has 30 heavy (non-hydrogen) atoms. The lowest BCUT2D eigenvalue weighted by atomic mass is 10.2. The molecule has 8 heteroatoms. The van der Waals surface area contributed by atoms with Crippen LogP contribution in [0, 0.1) is 12.7 Å². The second kappa shape index (κ2) is 12.0. The summed E-state index contributed by atoms with van der Waals surface area (Å²) in [6.45, 7) is 7.17. The van der Waals surface area contributed by atoms with Crippen molar-refractivity contribution in [2.24, 2.45) is 4.99 Å². The Balaban J connectivity index is 0.00000320. The van der Waals surface area contributed by atoms with Gasteiger partial charge in [0.25, 0.3) is 0 Å². The van der Waals surface area contributed by atoms with E-state index in [2.05, 4.69) is 31.2 Å². The molecule has 164 valence electrons. The highest BCUT2D eigenvalue weighted by Gasteiger charge is 2.20. The fourth-order valence-corrected chi connectivity index (χ4v) is 3.48. The smallest absolute Gasteiger partial charge is 0.193 e. The van der Waals surface area contributed by atoms with Gasteiger partial charge in [-0.25, -0.2) is 4.39 Å². The first-order valence-electron chi connectivity index (χ1n) is 10.0. The number of hydrogen-bond acceptors (Lipinski definition) is 4. The Labute approximate surface area is 195 Å². The van der Waals surface area contributed by atoms with Gasteiger partial charge in [0.1, 0.15) is 0 Å². The molecule has 2 aromatic rings. The summed E-state index contributed by atoms with van der Waals surface area (Å²) < 4.78 is 18.9. The van der Waals surface area contributed by atoms with Crippen LogP contribution >= 0.6 is 24.0 Å². The summed E-state index contributed by atoms with van der Waals surface area (Å²) in [5.74, 6) is 0.909. The SMILES string of the molecule is CN=C(NCCc1ccc(C)nc1)N1CCN(Cc2ccc(OC)c(F)c2)CC1.I. The molecular formula is C22H31FIN5O. The number of nitrogens with zero attached hydrogens (tertiary/aromatic N) is 4. The first kappa shape index (κ1) is 24.3. The molecule has 0 unspecified atom stereocenters. The van der Waals surface area contributed by atoms with Crippen molar-refractivity contribution in [1.29, 1.82) is 0 Å². The van der Waals surface area contributed by atoms with Crippen LogP contribution in [0.4, 0.5) is 4.39 Å². The maximum atomic E-state index is 13.9. The van der Waals surface area contributed by atoms with Crippen molar-refractivity contribution in [2.75, 3.05) is 46.9 Å². The van der Waals surface area contributed by atoms with Crippen molar-refractivity contribution in [3.63, 3.8) is 0 Å². The number of halogens is 2. The summed E-state index contributed by atoms with van der Waals surface area (Å²) in [6.07, 6.45) is 2.84. The molecular weight excluding hydrogens is 496 g/mol. The lowest BCUT2D eigenvalue weighted by Crippen LogP contribution is -2.52. The number of ether oxygens (including phenoxy) is 1. The van der Waals surface area contributed by atoms with Gasteiger partial charge in [-0.05, 0) is 42.7 Å². The molecule has 1 aliphatic heterocycles. The molecule has 1 aliphatic rings. The Bertz CT molecular complexity index is 823. The number of benzene rings is 1. The summed E-state index contributed by atoms with van der Waals surface area (Å²) in [6, 6.07) is 9.34. The number of piperazine rings is 1. The van der Waals surface area contributed by atoms with Crippen LogP contribution in [0.3, 0.4) is 0 Å². The van der Waals surface area contributed by atoms with Crippen molar-refractivity contribution in [2.45, 2.75) is 19.9 Å². The van der Waals surface area contributed by atoms with Crippen LogP contribution in [0.2, 0.25) is 0 Å². The monoisotopic (exact) mass is 527 g/mol. The van der Waals surface area contributed by atoms with Gasteiger partial charge in [-0.15, -0.1) is 24.0 Å². The molecule has 0 atom stereocenters. The summed E-state index contributed by atoms with van der Waals surface area (Å²) in [7, 11) is 3.30. The molecule has 0 radical (unpaired) electrons. The highest BCUT2D eigenvalue weighted by molar-refractivity contribution is 14.0. The summed E-state index contributed by atoms with van der Waals surface area (Å²) in [5.41, 5.74) is 3.22. The van der Waals surface area contributed by atoms with E-state index >= 15 is 0 Å². The van der Waals surface area contributed by atoms with E-state index in [-0.39, 0.29) is 35.5 Å². The van der Waals surface area contributed by atoms with E-state index < -0.39 is 0 Å². The van der Waals surface area contributed by atoms with E-state index in [0.717, 1.165) is 62.9 Å². The van der Waals surface area contributed by atoms with Crippen LogP contribution in [0.1, 0.15) is 16.8 Å². The standard InChI is InChI=1S/C22H30FN5O.HI/c1-17-4-5-18(15-26-17)8-9-25-22(24-2)28-12-10-27(11-13-28)16-19-6-7-21(29-3)20(23)14-19;/h4-7,14-15H,8-13,16H2,1-3H3,(H,24,25);1H. The number of aliphatic imine (C=N–C) groups is 1. The van der Waals surface area contributed by atoms with Crippen LogP contribution in [0.25, 0.3) is 0 Å². The molecule has 1 aromatic heterocycles. The molecule has 6 nitrogen and oxygen atoms in total. The molecule has 1 fully saturated rings. The lowest BCUT2D eigenvalue weighted by Gasteiger charge is -2.36. The second-order valence-corrected chi connectivity index (χ2v) is 7.26. The van der Waals surface area contributed by atoms with Gasteiger partial charge in [0, 0.05) is 58.2 Å². The molecule has 1 aromatic carbocycles. The summed E-state index contributed by atoms with van der Waals surface area (Å²) in [5, 5.41) is 3.45. The largest absolute Gasteiger partial charge is 0.494 e. The van der Waals surface area contributed by atoms with Crippen LogP contribution in [-0.4, -0.2) is 67.6 Å². The number of aromatic nitrogens is 1. The summed E-state index contributed by atoms with van der Waals surface area (Å²) in [4.78, 5) is 13.4. The topological polar surface area (TPSA) is 53.0 Å². The molecule has 0 aliphatic carbocycles. The number of guanidine groups is 1. The van der Waals surface area contributed by atoms with E-state index in [1.807, 2.05) is 32.3 Å². The van der Waals surface area contributed by atoms with Crippen molar-refractivity contribution >= 4 is 29.9 Å². The van der Waals surface area contributed by atoms with Crippen molar-refractivity contribution < 1.29 is 9.13 Å². The Morgan fingerprint density at radius 3 is 2.50 bits per heavy atom. The minimum Gasteiger partial charge on any atom is -0.494 e. The number of pyridine rings is 1. The maximum Gasteiger partial charge on any atom is 0.193 e. The third-order valence-electron chi connectivity index (χ3n) is 5.18. The maximum absolute atomic E-state index is 13.9. The third-order valence-corrected chi connectivity index (χ3v) is 5.18. The number of nitrogens with one attached hydrogen (secondary N) is 1. The second-order valence-electron chi connectivity index (χ2n) is 7.26. The minimum atomic E-state index is -0.308. The number of aryl methyl sites for hydroxylation is 1. The van der Waals surface area contributed by atoms with Crippen LogP contribution in [-0.2, 0) is 13.0 Å². The normalized spacial score (nSPS) is 14.9. The first-order valence-corrected chi connectivity index (χ1v) is 10.0. The zero-order chi connectivity index (χ0) is 20.6. The molecule has 0 amide bonds. The van der Waals surface area contributed by atoms with E-state index in [4.69, 9.17) is 4.74 Å². The number of rotatable bonds is 6. The highest BCUT2D eigenvalue weighted by Crippen LogP contribution is 2.19. The first-order chi connectivity index (χ1) is 14.1. The Hall–Kier alpha value is -1.94. The van der Waals surface area contributed by atoms with Gasteiger partial charge in [0.15, 0.2) is 17.5 Å². The molecule has 3 rings (SSSR count). The zero-order valence-electron chi connectivity index (χ0n) is 17.9. The average Bonchev–Trinajstić information content (AvgIpc) is 2.73. The van der Waals surface area contributed by atoms with Crippen molar-refractivity contribution in [1.82, 2.24) is 20.1 Å². The van der Waals surface area contributed by atoms with E-state index in [1.54, 1.807) is 12.1 Å². The molecule has 0 saturated carbocycles. The predicted octanol–water partition coefficient (Wildman–Crippen LogP) is 3.09. The van der Waals surface area contributed by atoms with Gasteiger partial charge in [0.05, 0.1) is 7.11 Å². The molecule has 1 saturated heterocycles. The zero-order valence-corrected chi connectivity index (χ0v) is 20.2. The molecule has 0 spiro atoms. The number of hydrogen-bond donors (Lipinski definition) is 1. The van der Waals surface area contributed by atoms with Crippen LogP contribution < -0.4 is 10.1 Å². The van der Waals surface area contributed by atoms with E-state index in [0.29, 0.717) is 0 Å². The van der Waals surface area contributed by atoms with Crippen LogP contribution in [0.5, 0.6) is 5.75 Å². The molecule has 1 N–H and O–H groups in total. The minimum absolute atomic E-state index is 0. The molecule has 2 heterocycles. The van der Waals surface area contributed by atoms with Gasteiger partial charge in [-0.3, -0.25) is 14.9 Å². The third kappa shape index (κ3) is 6.80. The number of methoxy groups -OCH3 is 1. The lowest BCUT2D eigenvalue weighted by molar-refractivity contribution is 0.172. The van der Waals surface area contributed by atoms with E-state index in [9.17, 15) is 4.39 Å². The van der Waals surface area contributed by atoms with Gasteiger partial charge in [0.2, 0.25) is 0 Å². The van der Waals surface area contributed by atoms with Crippen molar-refractivity contribution in [3.05, 3.63) is 59.2 Å². The van der Waals surface area contributed by atoms with E-state index in [1.165, 1.54) is 12.7 Å². The van der Waals surface area contributed by atoms with Crippen LogP contribution in [0.15, 0.2) is 41.5 Å². The summed E-state index contributed by atoms with van der Waals surface area (Å²) >= 11 is 0. The Morgan fingerprint density at radius 1 is 1.17 bits per heavy atom. The quantitative estimate of drug-likeness (QED) is 0.356. The molecule has 0 bridgehead atoms. The fourth-order valence-electron chi connectivity index (χ4n) is 3.48. The highest BCUT2D eigenvalue weighted by atomic mass is 127. The average molecular weight is 527 g/mol.